The Morgan fingerprint density at radius 1 is 1.14 bits per heavy atom. The molecule has 3 nitrogen and oxygen atoms in total. The summed E-state index contributed by atoms with van der Waals surface area (Å²) in [5.74, 6) is 0. The first-order chi connectivity index (χ1) is 10.0. The van der Waals surface area contributed by atoms with E-state index in [1.807, 2.05) is 6.07 Å². The van der Waals surface area contributed by atoms with Crippen molar-refractivity contribution in [3.8, 4) is 0 Å². The van der Waals surface area contributed by atoms with E-state index in [0.717, 1.165) is 19.3 Å². The minimum Gasteiger partial charge on any atom is -0.277 e. The maximum atomic E-state index is 12.8. The third kappa shape index (κ3) is 3.49. The van der Waals surface area contributed by atoms with Crippen LogP contribution in [0, 0.1) is 0 Å². The van der Waals surface area contributed by atoms with E-state index >= 15 is 0 Å². The molecule has 0 aliphatic carbocycles. The van der Waals surface area contributed by atoms with Crippen LogP contribution >= 0.6 is 0 Å². The molecule has 0 spiro atoms. The summed E-state index contributed by atoms with van der Waals surface area (Å²) in [7, 11) is -3.23. The third-order valence-corrected chi connectivity index (χ3v) is 6.63. The summed E-state index contributed by atoms with van der Waals surface area (Å²) in [4.78, 5) is 2.65. The van der Waals surface area contributed by atoms with Gasteiger partial charge in [-0.2, -0.15) is 0 Å². The average molecular weight is 309 g/mol. The molecule has 0 saturated carbocycles. The Morgan fingerprint density at radius 2 is 1.81 bits per heavy atom. The van der Waals surface area contributed by atoms with Crippen LogP contribution in [0.1, 0.15) is 52.9 Å². The van der Waals surface area contributed by atoms with Crippen molar-refractivity contribution < 1.29 is 8.42 Å². The van der Waals surface area contributed by atoms with Crippen LogP contribution in [0.4, 0.5) is 0 Å². The normalized spacial score (nSPS) is 26.5. The lowest BCUT2D eigenvalue weighted by molar-refractivity contribution is 0.367. The van der Waals surface area contributed by atoms with Gasteiger partial charge in [0.1, 0.15) is 5.37 Å². The second-order valence-electron chi connectivity index (χ2n) is 6.02. The first-order valence-electron chi connectivity index (χ1n) is 8.10. The van der Waals surface area contributed by atoms with Crippen molar-refractivity contribution in [2.24, 2.45) is 0 Å². The van der Waals surface area contributed by atoms with Crippen molar-refractivity contribution in [2.45, 2.75) is 75.2 Å². The number of hydrogen-bond donors (Lipinski definition) is 0. The van der Waals surface area contributed by atoms with Crippen LogP contribution in [0.15, 0.2) is 35.2 Å². The summed E-state index contributed by atoms with van der Waals surface area (Å²) >= 11 is 0. The average Bonchev–Trinajstić information content (AvgIpc) is 3.23. The minimum atomic E-state index is -3.23. The van der Waals surface area contributed by atoms with Crippen molar-refractivity contribution >= 4 is 9.84 Å². The highest BCUT2D eigenvalue weighted by Gasteiger charge is 2.56. The molecule has 0 bridgehead atoms. The van der Waals surface area contributed by atoms with Crippen molar-refractivity contribution in [3.63, 3.8) is 0 Å². The maximum Gasteiger partial charge on any atom is 0.196 e. The molecule has 1 aromatic carbocycles. The lowest BCUT2D eigenvalue weighted by Crippen LogP contribution is -2.20. The predicted octanol–water partition coefficient (Wildman–Crippen LogP) is 3.85. The van der Waals surface area contributed by atoms with E-state index in [-0.39, 0.29) is 11.4 Å². The van der Waals surface area contributed by atoms with Gasteiger partial charge in [0.25, 0.3) is 0 Å². The monoisotopic (exact) mass is 309 g/mol. The summed E-state index contributed by atoms with van der Waals surface area (Å²) in [5.41, 5.74) is 0. The summed E-state index contributed by atoms with van der Waals surface area (Å²) in [5, 5.41) is -0.313. The molecule has 1 aromatic rings. The summed E-state index contributed by atoms with van der Waals surface area (Å²) in [6.45, 7) is 6.43. The van der Waals surface area contributed by atoms with Crippen LogP contribution in [0.5, 0.6) is 0 Å². The Balaban J connectivity index is 2.16. The fourth-order valence-corrected chi connectivity index (χ4v) is 5.19. The van der Waals surface area contributed by atoms with Gasteiger partial charge in [-0.15, -0.1) is 0 Å². The predicted molar refractivity (Wildman–Crippen MR) is 86.9 cm³/mol. The SMILES string of the molecule is CCCCCC1C(S(=O)(=O)c2ccccc2)N1C(C)CC. The number of benzene rings is 1. The molecule has 2 rings (SSSR count). The van der Waals surface area contributed by atoms with Crippen molar-refractivity contribution in [1.82, 2.24) is 4.90 Å². The second-order valence-corrected chi connectivity index (χ2v) is 8.06. The topological polar surface area (TPSA) is 37.1 Å². The Morgan fingerprint density at radius 3 is 2.38 bits per heavy atom. The Hall–Kier alpha value is -0.870. The van der Waals surface area contributed by atoms with E-state index in [4.69, 9.17) is 0 Å². The Labute approximate surface area is 129 Å². The molecule has 1 heterocycles. The van der Waals surface area contributed by atoms with Gasteiger partial charge >= 0.3 is 0 Å². The maximum absolute atomic E-state index is 12.8. The quantitative estimate of drug-likeness (QED) is 0.540. The highest BCUT2D eigenvalue weighted by Crippen LogP contribution is 2.42. The first kappa shape index (κ1) is 16.5. The molecule has 0 radical (unpaired) electrons. The molecule has 1 fully saturated rings. The van der Waals surface area contributed by atoms with Crippen molar-refractivity contribution in [1.29, 1.82) is 0 Å². The Bertz CT molecular complexity index is 541. The van der Waals surface area contributed by atoms with E-state index in [1.165, 1.54) is 12.8 Å². The van der Waals surface area contributed by atoms with Gasteiger partial charge in [-0.25, -0.2) is 8.42 Å². The highest BCUT2D eigenvalue weighted by molar-refractivity contribution is 7.92. The number of sulfone groups is 1. The van der Waals surface area contributed by atoms with E-state index in [9.17, 15) is 8.42 Å². The van der Waals surface area contributed by atoms with Crippen LogP contribution < -0.4 is 0 Å². The molecule has 1 aliphatic rings. The number of rotatable bonds is 8. The molecule has 1 aliphatic heterocycles. The van der Waals surface area contributed by atoms with E-state index in [0.29, 0.717) is 10.9 Å². The first-order valence-corrected chi connectivity index (χ1v) is 9.65. The van der Waals surface area contributed by atoms with Crippen LogP contribution in [0.25, 0.3) is 0 Å². The highest BCUT2D eigenvalue weighted by atomic mass is 32.2. The Kier molecular flexibility index (Phi) is 5.44. The molecular weight excluding hydrogens is 282 g/mol. The fraction of sp³-hybridized carbons (Fsp3) is 0.647. The molecular formula is C17H27NO2S. The minimum absolute atomic E-state index is 0.205. The van der Waals surface area contributed by atoms with Gasteiger partial charge in [0.15, 0.2) is 9.84 Å². The van der Waals surface area contributed by atoms with Gasteiger partial charge in [0, 0.05) is 12.1 Å². The molecule has 21 heavy (non-hydrogen) atoms. The molecule has 4 heteroatoms. The summed E-state index contributed by atoms with van der Waals surface area (Å²) < 4.78 is 25.7. The van der Waals surface area contributed by atoms with Gasteiger partial charge in [0.05, 0.1) is 4.90 Å². The van der Waals surface area contributed by atoms with Gasteiger partial charge in [-0.3, -0.25) is 4.90 Å². The molecule has 1 saturated heterocycles. The number of unbranched alkanes of at least 4 members (excludes halogenated alkanes) is 2. The smallest absolute Gasteiger partial charge is 0.196 e. The fourth-order valence-electron chi connectivity index (χ4n) is 3.07. The zero-order valence-electron chi connectivity index (χ0n) is 13.3. The van der Waals surface area contributed by atoms with Crippen molar-refractivity contribution in [2.75, 3.05) is 0 Å². The van der Waals surface area contributed by atoms with Crippen molar-refractivity contribution in [3.05, 3.63) is 30.3 Å². The standard InChI is InChI=1S/C17H27NO2S/c1-4-6-8-13-16-17(18(16)14(3)5-2)21(19,20)15-11-9-7-10-12-15/h7,9-12,14,16-17H,4-6,8,13H2,1-3H3. The van der Waals surface area contributed by atoms with Crippen LogP contribution in [0.2, 0.25) is 0 Å². The number of nitrogens with zero attached hydrogens (tertiary/aromatic N) is 1. The third-order valence-electron chi connectivity index (χ3n) is 4.51. The zero-order valence-corrected chi connectivity index (χ0v) is 14.1. The van der Waals surface area contributed by atoms with Crippen LogP contribution in [0.3, 0.4) is 0 Å². The van der Waals surface area contributed by atoms with Gasteiger partial charge < -0.3 is 0 Å². The van der Waals surface area contributed by atoms with Crippen LogP contribution in [-0.4, -0.2) is 30.8 Å². The second kappa shape index (κ2) is 6.93. The van der Waals surface area contributed by atoms with Crippen LogP contribution in [-0.2, 0) is 9.84 Å². The zero-order chi connectivity index (χ0) is 15.5. The van der Waals surface area contributed by atoms with Gasteiger partial charge in [-0.1, -0.05) is 51.3 Å². The van der Waals surface area contributed by atoms with Gasteiger partial charge in [0.2, 0.25) is 0 Å². The lowest BCUT2D eigenvalue weighted by Gasteiger charge is -2.12. The molecule has 0 aromatic heterocycles. The van der Waals surface area contributed by atoms with E-state index < -0.39 is 9.84 Å². The van der Waals surface area contributed by atoms with Gasteiger partial charge in [-0.05, 0) is 31.9 Å². The summed E-state index contributed by atoms with van der Waals surface area (Å²) in [6.07, 6.45) is 5.46. The molecule has 118 valence electrons. The molecule has 4 unspecified atom stereocenters. The number of hydrogen-bond acceptors (Lipinski definition) is 3. The van der Waals surface area contributed by atoms with E-state index in [1.54, 1.807) is 24.3 Å². The largest absolute Gasteiger partial charge is 0.277 e. The summed E-state index contributed by atoms with van der Waals surface area (Å²) in [6, 6.07) is 9.43. The molecule has 4 atom stereocenters. The molecule has 0 amide bonds. The lowest BCUT2D eigenvalue weighted by atomic mass is 10.1. The molecule has 0 N–H and O–H groups in total. The van der Waals surface area contributed by atoms with E-state index in [2.05, 4.69) is 25.7 Å².